The molecule has 0 spiro atoms. The van der Waals surface area contributed by atoms with Crippen molar-refractivity contribution < 1.29 is 23.8 Å². The van der Waals surface area contributed by atoms with Crippen LogP contribution in [0.1, 0.15) is 32.8 Å². The molecule has 0 unspecified atom stereocenters. The second-order valence-corrected chi connectivity index (χ2v) is 13.0. The number of carbonyl (C=O) groups is 2. The highest BCUT2D eigenvalue weighted by atomic mass is 16.6. The summed E-state index contributed by atoms with van der Waals surface area (Å²) in [5.74, 6) is 2.71. The molecule has 5 aromatic rings. The molecule has 2 amide bonds. The largest absolute Gasteiger partial charge is 0.497 e. The van der Waals surface area contributed by atoms with Gasteiger partial charge in [0, 0.05) is 25.0 Å². The molecule has 0 N–H and O–H groups in total. The van der Waals surface area contributed by atoms with Crippen molar-refractivity contribution in [2.75, 3.05) is 36.5 Å². The topological polar surface area (TPSA) is 102 Å². The lowest BCUT2D eigenvalue weighted by Gasteiger charge is -2.29. The molecule has 246 valence electrons. The summed E-state index contributed by atoms with van der Waals surface area (Å²) < 4.78 is 18.9. The fourth-order valence-corrected chi connectivity index (χ4v) is 6.25. The van der Waals surface area contributed by atoms with E-state index in [4.69, 9.17) is 24.3 Å². The zero-order valence-electron chi connectivity index (χ0n) is 27.5. The minimum absolute atomic E-state index is 0.0679. The fourth-order valence-electron chi connectivity index (χ4n) is 6.25. The van der Waals surface area contributed by atoms with Gasteiger partial charge in [-0.15, -0.1) is 0 Å². The fraction of sp³-hybridized carbons (Fsp3) is 0.297. The number of ether oxygens (including phenoxy) is 3. The Hall–Kier alpha value is -5.58. The molecule has 1 saturated heterocycles. The number of likely N-dealkylation sites (tertiary alicyclic amines) is 1. The number of nitrogens with zero attached hydrogens (tertiary/aromatic N) is 6. The van der Waals surface area contributed by atoms with Crippen LogP contribution in [0.5, 0.6) is 17.2 Å². The third-order valence-corrected chi connectivity index (χ3v) is 8.48. The normalized spacial score (nSPS) is 16.3. The van der Waals surface area contributed by atoms with Gasteiger partial charge in [0.1, 0.15) is 22.8 Å². The first-order valence-electron chi connectivity index (χ1n) is 16.1. The number of aromatic nitrogens is 3. The molecule has 1 atom stereocenters. The molecule has 0 aliphatic carbocycles. The highest BCUT2D eigenvalue weighted by Gasteiger charge is 2.39. The van der Waals surface area contributed by atoms with E-state index in [0.29, 0.717) is 54.6 Å². The predicted octanol–water partition coefficient (Wildman–Crippen LogP) is 6.77. The van der Waals surface area contributed by atoms with Crippen LogP contribution in [0.4, 0.5) is 22.0 Å². The lowest BCUT2D eigenvalue weighted by molar-refractivity contribution is -0.116. The standard InChI is InChI=1S/C37H38N6O5/c1-37(2,3)48-36(45)40-21-19-27(23-40)41-24-32(44)43(26-12-16-30(17-13-26)47-29-8-6-5-7-9-29)31-18-20-38-34-33(31)35(41)39-42(34)22-25-10-14-28(46-4)15-11-25/h5-18,20,27H,19,21-24H2,1-4H3/t27-/m1/s1. The van der Waals surface area contributed by atoms with Crippen LogP contribution in [0, 0.1) is 0 Å². The van der Waals surface area contributed by atoms with E-state index in [0.717, 1.165) is 22.4 Å². The molecule has 48 heavy (non-hydrogen) atoms. The molecule has 0 saturated carbocycles. The van der Waals surface area contributed by atoms with E-state index < -0.39 is 5.60 Å². The van der Waals surface area contributed by atoms with Crippen molar-refractivity contribution in [1.82, 2.24) is 19.7 Å². The van der Waals surface area contributed by atoms with Gasteiger partial charge in [0.05, 0.1) is 37.3 Å². The summed E-state index contributed by atoms with van der Waals surface area (Å²) in [6.07, 6.45) is 2.03. The summed E-state index contributed by atoms with van der Waals surface area (Å²) in [7, 11) is 1.64. The van der Waals surface area contributed by atoms with E-state index in [-0.39, 0.29) is 24.6 Å². The summed E-state index contributed by atoms with van der Waals surface area (Å²) in [6.45, 7) is 7.05. The van der Waals surface area contributed by atoms with Gasteiger partial charge >= 0.3 is 6.09 Å². The smallest absolute Gasteiger partial charge is 0.410 e. The number of benzene rings is 3. The molecule has 2 aliphatic heterocycles. The van der Waals surface area contributed by atoms with Gasteiger partial charge in [0.15, 0.2) is 11.5 Å². The maximum atomic E-state index is 14.3. The molecule has 3 aromatic carbocycles. The summed E-state index contributed by atoms with van der Waals surface area (Å²) in [5, 5.41) is 5.89. The maximum Gasteiger partial charge on any atom is 0.410 e. The average molecular weight is 647 g/mol. The van der Waals surface area contributed by atoms with Crippen LogP contribution >= 0.6 is 0 Å². The van der Waals surface area contributed by atoms with Crippen LogP contribution in [0.2, 0.25) is 0 Å². The van der Waals surface area contributed by atoms with Gasteiger partial charge in [0.2, 0.25) is 0 Å². The van der Waals surface area contributed by atoms with Crippen LogP contribution in [0.15, 0.2) is 91.1 Å². The number of hydrogen-bond acceptors (Lipinski definition) is 8. The maximum absolute atomic E-state index is 14.3. The highest BCUT2D eigenvalue weighted by Crippen LogP contribution is 2.42. The first kappa shape index (κ1) is 31.0. The molecule has 11 nitrogen and oxygen atoms in total. The second kappa shape index (κ2) is 12.6. The van der Waals surface area contributed by atoms with E-state index in [1.807, 2.05) is 115 Å². The van der Waals surface area contributed by atoms with Crippen molar-refractivity contribution in [3.63, 3.8) is 0 Å². The van der Waals surface area contributed by atoms with Crippen molar-refractivity contribution in [3.8, 4) is 17.2 Å². The Kier molecular flexibility index (Phi) is 8.12. The zero-order chi connectivity index (χ0) is 33.4. The Morgan fingerprint density at radius 3 is 2.33 bits per heavy atom. The Balaban J connectivity index is 1.27. The van der Waals surface area contributed by atoms with E-state index in [1.54, 1.807) is 23.1 Å². The lowest BCUT2D eigenvalue weighted by atomic mass is 10.2. The van der Waals surface area contributed by atoms with Crippen molar-refractivity contribution >= 4 is 40.2 Å². The molecular formula is C37H38N6O5. The number of methoxy groups -OCH3 is 1. The van der Waals surface area contributed by atoms with Gasteiger partial charge in [-0.25, -0.2) is 14.5 Å². The molecule has 1 fully saturated rings. The molecule has 4 heterocycles. The first-order valence-corrected chi connectivity index (χ1v) is 16.1. The van der Waals surface area contributed by atoms with Crippen molar-refractivity contribution in [3.05, 3.63) is 96.7 Å². The quantitative estimate of drug-likeness (QED) is 0.191. The zero-order valence-corrected chi connectivity index (χ0v) is 27.5. The number of pyridine rings is 1. The summed E-state index contributed by atoms with van der Waals surface area (Å²) >= 11 is 0. The summed E-state index contributed by atoms with van der Waals surface area (Å²) in [4.78, 5) is 37.6. The van der Waals surface area contributed by atoms with Crippen LogP contribution in [-0.2, 0) is 16.1 Å². The number of carbonyl (C=O) groups excluding carboxylic acids is 2. The number of rotatable bonds is 7. The molecule has 2 aromatic heterocycles. The van der Waals surface area contributed by atoms with Gasteiger partial charge in [-0.05, 0) is 87.4 Å². The Labute approximate surface area is 279 Å². The average Bonchev–Trinajstić information content (AvgIpc) is 3.68. The van der Waals surface area contributed by atoms with Crippen LogP contribution in [0.25, 0.3) is 11.0 Å². The second-order valence-electron chi connectivity index (χ2n) is 13.0. The van der Waals surface area contributed by atoms with Gasteiger partial charge < -0.3 is 24.0 Å². The number of anilines is 3. The first-order chi connectivity index (χ1) is 23.2. The number of amides is 2. The van der Waals surface area contributed by atoms with E-state index in [1.165, 1.54) is 0 Å². The van der Waals surface area contributed by atoms with Gasteiger partial charge in [-0.3, -0.25) is 9.69 Å². The van der Waals surface area contributed by atoms with E-state index in [9.17, 15) is 9.59 Å². The molecule has 0 bridgehead atoms. The third-order valence-electron chi connectivity index (χ3n) is 8.48. The molecule has 7 rings (SSSR count). The Morgan fingerprint density at radius 2 is 1.62 bits per heavy atom. The van der Waals surface area contributed by atoms with Gasteiger partial charge in [-0.1, -0.05) is 30.3 Å². The van der Waals surface area contributed by atoms with Crippen LogP contribution in [-0.4, -0.2) is 70.1 Å². The summed E-state index contributed by atoms with van der Waals surface area (Å²) in [5.41, 5.74) is 2.48. The van der Waals surface area contributed by atoms with Gasteiger partial charge in [-0.2, -0.15) is 5.10 Å². The highest BCUT2D eigenvalue weighted by molar-refractivity contribution is 6.14. The van der Waals surface area contributed by atoms with Crippen LogP contribution in [0.3, 0.4) is 0 Å². The monoisotopic (exact) mass is 646 g/mol. The van der Waals surface area contributed by atoms with Crippen molar-refractivity contribution in [2.24, 2.45) is 0 Å². The molecule has 0 radical (unpaired) electrons. The molecule has 2 aliphatic rings. The molecule has 11 heteroatoms. The SMILES string of the molecule is COc1ccc(Cn2nc3c4c(ccnc42)N(c2ccc(Oc4ccccc4)cc2)C(=O)CN3[C@@H]2CCN(C(=O)OC(C)(C)C)C2)cc1. The van der Waals surface area contributed by atoms with Crippen molar-refractivity contribution in [2.45, 2.75) is 45.4 Å². The minimum atomic E-state index is -0.604. The molecular weight excluding hydrogens is 608 g/mol. The number of hydrogen-bond donors (Lipinski definition) is 0. The minimum Gasteiger partial charge on any atom is -0.497 e. The third kappa shape index (κ3) is 6.23. The Bertz CT molecular complexity index is 1940. The van der Waals surface area contributed by atoms with Gasteiger partial charge in [0.25, 0.3) is 5.91 Å². The number of para-hydroxylation sites is 1. The summed E-state index contributed by atoms with van der Waals surface area (Å²) in [6, 6.07) is 26.6. The van der Waals surface area contributed by atoms with E-state index >= 15 is 0 Å². The Morgan fingerprint density at radius 1 is 0.917 bits per heavy atom. The lowest BCUT2D eigenvalue weighted by Crippen LogP contribution is -2.45. The van der Waals surface area contributed by atoms with E-state index in [2.05, 4.69) is 0 Å². The van der Waals surface area contributed by atoms with Crippen LogP contribution < -0.4 is 19.3 Å². The van der Waals surface area contributed by atoms with Crippen molar-refractivity contribution in [1.29, 1.82) is 0 Å². The predicted molar refractivity (Wildman–Crippen MR) is 183 cm³/mol.